The van der Waals surface area contributed by atoms with Crippen molar-refractivity contribution in [2.45, 2.75) is 91.9 Å². The number of carbonyl (C=O) groups excluding carboxylic acids is 2. The lowest BCUT2D eigenvalue weighted by molar-refractivity contribution is -0.147. The minimum atomic E-state index is -0.379. The number of carbonyl (C=O) groups is 2. The summed E-state index contributed by atoms with van der Waals surface area (Å²) in [6.45, 7) is 8.97. The van der Waals surface area contributed by atoms with Gasteiger partial charge in [0.05, 0.1) is 13.2 Å². The van der Waals surface area contributed by atoms with E-state index in [2.05, 4.69) is 52.0 Å². The summed E-state index contributed by atoms with van der Waals surface area (Å²) in [5.74, 6) is 0.488. The second kappa shape index (κ2) is 16.7. The lowest BCUT2D eigenvalue weighted by Gasteiger charge is -2.19. The molecule has 6 nitrogen and oxygen atoms in total. The van der Waals surface area contributed by atoms with Crippen LogP contribution in [0.15, 0.2) is 36.4 Å². The van der Waals surface area contributed by atoms with Crippen molar-refractivity contribution in [3.63, 3.8) is 0 Å². The molecule has 0 aliphatic heterocycles. The Morgan fingerprint density at radius 1 is 0.550 bits per heavy atom. The van der Waals surface area contributed by atoms with Crippen molar-refractivity contribution in [3.8, 4) is 11.5 Å². The number of esters is 2. The zero-order chi connectivity index (χ0) is 28.7. The molecule has 0 N–H and O–H groups in total. The highest BCUT2D eigenvalue weighted by molar-refractivity contribution is 6.11. The van der Waals surface area contributed by atoms with Crippen molar-refractivity contribution in [3.05, 3.63) is 47.5 Å². The first-order valence-electron chi connectivity index (χ1n) is 15.1. The summed E-state index contributed by atoms with van der Waals surface area (Å²) in [6.07, 6.45) is 10.1. The summed E-state index contributed by atoms with van der Waals surface area (Å²) >= 11 is 0. The van der Waals surface area contributed by atoms with Crippen LogP contribution in [0.4, 0.5) is 0 Å². The van der Waals surface area contributed by atoms with Gasteiger partial charge in [0.1, 0.15) is 11.5 Å². The van der Waals surface area contributed by atoms with Crippen LogP contribution in [0, 0.1) is 0 Å². The van der Waals surface area contributed by atoms with Crippen LogP contribution >= 0.6 is 0 Å². The Morgan fingerprint density at radius 3 is 1.38 bits per heavy atom. The van der Waals surface area contributed by atoms with Crippen molar-refractivity contribution < 1.29 is 28.5 Å². The summed E-state index contributed by atoms with van der Waals surface area (Å²) < 4.78 is 23.2. The number of hydrogen-bond donors (Lipinski definition) is 0. The van der Waals surface area contributed by atoms with Gasteiger partial charge in [-0.25, -0.2) is 9.59 Å². The first-order chi connectivity index (χ1) is 19.5. The third-order valence-electron chi connectivity index (χ3n) is 7.15. The maximum Gasteiger partial charge on any atom is 0.344 e. The Balaban J connectivity index is 1.90. The summed E-state index contributed by atoms with van der Waals surface area (Å²) in [5.41, 5.74) is 2.28. The van der Waals surface area contributed by atoms with E-state index >= 15 is 0 Å². The highest BCUT2D eigenvalue weighted by atomic mass is 16.6. The van der Waals surface area contributed by atoms with E-state index in [1.807, 2.05) is 12.1 Å². The average Bonchev–Trinajstić information content (AvgIpc) is 2.97. The molecular formula is C34H46O6. The normalized spacial score (nSPS) is 11.1. The molecule has 0 radical (unpaired) electrons. The molecule has 0 saturated heterocycles. The molecule has 3 aromatic carbocycles. The van der Waals surface area contributed by atoms with Gasteiger partial charge in [0.2, 0.25) is 0 Å². The molecule has 0 aromatic heterocycles. The number of hydrogen-bond acceptors (Lipinski definition) is 6. The summed E-state index contributed by atoms with van der Waals surface area (Å²) in [7, 11) is 0. The highest BCUT2D eigenvalue weighted by Crippen LogP contribution is 2.43. The number of aryl methyl sites for hydroxylation is 2. The molecule has 3 aromatic rings. The summed E-state index contributed by atoms with van der Waals surface area (Å²) in [5, 5.41) is 3.35. The minimum absolute atomic E-state index is 0.171. The van der Waals surface area contributed by atoms with Crippen LogP contribution < -0.4 is 9.47 Å². The molecule has 0 unspecified atom stereocenters. The SMILES string of the molecule is CCCCCCOC(=O)COc1c2ccc(CC)cc2c(OCC(=O)OCCCCCC)c2cc(CC)ccc12. The van der Waals surface area contributed by atoms with Gasteiger partial charge in [-0.15, -0.1) is 0 Å². The quantitative estimate of drug-likeness (QED) is 0.0905. The standard InChI is InChI=1S/C34H46O6/c1-5-9-11-13-19-37-31(35)23-39-33-27-17-15-25(7-3)21-29(27)34(30-22-26(8-4)16-18-28(30)33)40-24-32(36)38-20-14-12-10-6-2/h15-18,21-22H,5-14,19-20,23-24H2,1-4H3. The maximum atomic E-state index is 12.5. The number of benzene rings is 3. The second-order valence-corrected chi connectivity index (χ2v) is 10.3. The first-order valence-corrected chi connectivity index (χ1v) is 15.1. The Hall–Kier alpha value is -3.28. The molecule has 0 spiro atoms. The van der Waals surface area contributed by atoms with E-state index in [1.165, 1.54) is 0 Å². The molecule has 0 amide bonds. The topological polar surface area (TPSA) is 71.1 Å². The Labute approximate surface area is 239 Å². The molecule has 0 atom stereocenters. The minimum Gasteiger partial charge on any atom is -0.481 e. The van der Waals surface area contributed by atoms with Crippen LogP contribution in [-0.4, -0.2) is 38.4 Å². The van der Waals surface area contributed by atoms with Gasteiger partial charge in [0, 0.05) is 21.5 Å². The highest BCUT2D eigenvalue weighted by Gasteiger charge is 2.19. The van der Waals surface area contributed by atoms with Gasteiger partial charge in [-0.05, 0) is 48.9 Å². The van der Waals surface area contributed by atoms with Crippen molar-refractivity contribution in [1.82, 2.24) is 0 Å². The predicted octanol–water partition coefficient (Wildman–Crippen LogP) is 8.12. The monoisotopic (exact) mass is 550 g/mol. The average molecular weight is 551 g/mol. The lowest BCUT2D eigenvalue weighted by Crippen LogP contribution is -2.17. The van der Waals surface area contributed by atoms with E-state index in [1.54, 1.807) is 0 Å². The summed E-state index contributed by atoms with van der Waals surface area (Å²) in [4.78, 5) is 25.0. The zero-order valence-electron chi connectivity index (χ0n) is 24.8. The van der Waals surface area contributed by atoms with Crippen LogP contribution in [0.3, 0.4) is 0 Å². The first kappa shape index (κ1) is 31.3. The third kappa shape index (κ3) is 8.87. The molecule has 0 heterocycles. The van der Waals surface area contributed by atoms with E-state index in [-0.39, 0.29) is 25.2 Å². The van der Waals surface area contributed by atoms with E-state index in [0.717, 1.165) is 96.9 Å². The van der Waals surface area contributed by atoms with Gasteiger partial charge in [0.15, 0.2) is 13.2 Å². The van der Waals surface area contributed by atoms with E-state index in [0.29, 0.717) is 24.7 Å². The fourth-order valence-electron chi connectivity index (χ4n) is 4.77. The van der Waals surface area contributed by atoms with Gasteiger partial charge in [-0.3, -0.25) is 0 Å². The number of rotatable bonds is 18. The fourth-order valence-corrected chi connectivity index (χ4v) is 4.77. The largest absolute Gasteiger partial charge is 0.481 e. The van der Waals surface area contributed by atoms with Crippen LogP contribution in [0.5, 0.6) is 11.5 Å². The third-order valence-corrected chi connectivity index (χ3v) is 7.15. The molecule has 0 saturated carbocycles. The van der Waals surface area contributed by atoms with Gasteiger partial charge in [-0.1, -0.05) is 90.5 Å². The molecular weight excluding hydrogens is 504 g/mol. The summed E-state index contributed by atoms with van der Waals surface area (Å²) in [6, 6.07) is 12.3. The molecule has 0 aliphatic rings. The second-order valence-electron chi connectivity index (χ2n) is 10.3. The van der Waals surface area contributed by atoms with Gasteiger partial charge < -0.3 is 18.9 Å². The smallest absolute Gasteiger partial charge is 0.344 e. The van der Waals surface area contributed by atoms with E-state index < -0.39 is 0 Å². The van der Waals surface area contributed by atoms with Crippen LogP contribution in [0.2, 0.25) is 0 Å². The van der Waals surface area contributed by atoms with Gasteiger partial charge in [-0.2, -0.15) is 0 Å². The van der Waals surface area contributed by atoms with E-state index in [4.69, 9.17) is 18.9 Å². The lowest BCUT2D eigenvalue weighted by atomic mass is 9.96. The number of fused-ring (bicyclic) bond motifs is 2. The van der Waals surface area contributed by atoms with Crippen molar-refractivity contribution in [2.75, 3.05) is 26.4 Å². The Bertz CT molecular complexity index is 1180. The molecule has 0 aliphatic carbocycles. The molecule has 218 valence electrons. The number of ether oxygens (including phenoxy) is 4. The molecule has 40 heavy (non-hydrogen) atoms. The molecule has 0 bridgehead atoms. The van der Waals surface area contributed by atoms with E-state index in [9.17, 15) is 9.59 Å². The number of unbranched alkanes of at least 4 members (excludes halogenated alkanes) is 6. The van der Waals surface area contributed by atoms with Crippen molar-refractivity contribution in [1.29, 1.82) is 0 Å². The van der Waals surface area contributed by atoms with Gasteiger partial charge in [0.25, 0.3) is 0 Å². The Kier molecular flexibility index (Phi) is 13.1. The van der Waals surface area contributed by atoms with Crippen LogP contribution in [-0.2, 0) is 31.9 Å². The molecule has 0 fully saturated rings. The van der Waals surface area contributed by atoms with Gasteiger partial charge >= 0.3 is 11.9 Å². The Morgan fingerprint density at radius 2 is 0.975 bits per heavy atom. The van der Waals surface area contributed by atoms with Crippen molar-refractivity contribution in [2.24, 2.45) is 0 Å². The fraction of sp³-hybridized carbons (Fsp3) is 0.529. The predicted molar refractivity (Wildman–Crippen MR) is 161 cm³/mol. The zero-order valence-corrected chi connectivity index (χ0v) is 24.8. The maximum absolute atomic E-state index is 12.5. The van der Waals surface area contributed by atoms with Crippen LogP contribution in [0.1, 0.15) is 90.2 Å². The molecule has 3 rings (SSSR count). The molecule has 6 heteroatoms. The van der Waals surface area contributed by atoms with Crippen LogP contribution in [0.25, 0.3) is 21.5 Å². The van der Waals surface area contributed by atoms with Crippen molar-refractivity contribution >= 4 is 33.5 Å².